The molecule has 2 amide bonds. The fourth-order valence-corrected chi connectivity index (χ4v) is 3.35. The minimum absolute atomic E-state index is 0.385. The molecule has 0 spiro atoms. The molecule has 0 saturated heterocycles. The maximum Gasteiger partial charge on any atom is 0.247 e. The van der Waals surface area contributed by atoms with Crippen LogP contribution in [0.5, 0.6) is 5.75 Å². The fraction of sp³-hybridized carbons (Fsp3) is 0.286. The van der Waals surface area contributed by atoms with Gasteiger partial charge >= 0.3 is 0 Å². The van der Waals surface area contributed by atoms with Crippen LogP contribution >= 0.6 is 0 Å². The first-order valence-corrected chi connectivity index (χ1v) is 8.81. The van der Waals surface area contributed by atoms with E-state index in [1.54, 1.807) is 68.6 Å². The van der Waals surface area contributed by atoms with Gasteiger partial charge in [0, 0.05) is 39.6 Å². The Labute approximate surface area is 164 Å². The SMILES string of the molecule is COc1ccc(N(C)C(=O)C2C(=O)c3c(N(C)C)cccc3N(C)C2=O)cc1. The van der Waals surface area contributed by atoms with Crippen molar-refractivity contribution < 1.29 is 19.1 Å². The average Bonchev–Trinajstić information content (AvgIpc) is 2.71. The van der Waals surface area contributed by atoms with Crippen LogP contribution in [-0.4, -0.2) is 52.9 Å². The molecule has 1 aliphatic rings. The van der Waals surface area contributed by atoms with Gasteiger partial charge in [-0.25, -0.2) is 0 Å². The number of ketones is 1. The molecule has 1 heterocycles. The summed E-state index contributed by atoms with van der Waals surface area (Å²) in [6, 6.07) is 12.2. The Bertz CT molecular complexity index is 937. The zero-order valence-electron chi connectivity index (χ0n) is 16.6. The summed E-state index contributed by atoms with van der Waals surface area (Å²) >= 11 is 0. The minimum atomic E-state index is -1.41. The van der Waals surface area contributed by atoms with Crippen molar-refractivity contribution in [2.45, 2.75) is 0 Å². The lowest BCUT2D eigenvalue weighted by Crippen LogP contribution is -2.50. The first kappa shape index (κ1) is 19.4. The van der Waals surface area contributed by atoms with Crippen molar-refractivity contribution in [3.05, 3.63) is 48.0 Å². The highest BCUT2D eigenvalue weighted by molar-refractivity contribution is 6.34. The number of anilines is 3. The van der Waals surface area contributed by atoms with Gasteiger partial charge in [-0.15, -0.1) is 0 Å². The Kier molecular flexibility index (Phi) is 5.09. The highest BCUT2D eigenvalue weighted by atomic mass is 16.5. The van der Waals surface area contributed by atoms with E-state index in [0.717, 1.165) is 0 Å². The molecular formula is C21H23N3O4. The lowest BCUT2D eigenvalue weighted by Gasteiger charge is -2.33. The topological polar surface area (TPSA) is 70.2 Å². The molecular weight excluding hydrogens is 358 g/mol. The number of benzene rings is 2. The summed E-state index contributed by atoms with van der Waals surface area (Å²) in [5.41, 5.74) is 2.14. The molecule has 0 aliphatic carbocycles. The van der Waals surface area contributed by atoms with Gasteiger partial charge in [0.25, 0.3) is 0 Å². The van der Waals surface area contributed by atoms with E-state index in [-0.39, 0.29) is 0 Å². The predicted molar refractivity (Wildman–Crippen MR) is 108 cm³/mol. The molecule has 7 nitrogen and oxygen atoms in total. The van der Waals surface area contributed by atoms with E-state index in [4.69, 9.17) is 4.74 Å². The lowest BCUT2D eigenvalue weighted by molar-refractivity contribution is -0.130. The number of amides is 2. The van der Waals surface area contributed by atoms with Gasteiger partial charge in [0.15, 0.2) is 11.7 Å². The predicted octanol–water partition coefficient (Wildman–Crippen LogP) is 2.20. The van der Waals surface area contributed by atoms with Crippen molar-refractivity contribution in [2.75, 3.05) is 50.0 Å². The molecule has 0 radical (unpaired) electrons. The highest BCUT2D eigenvalue weighted by Crippen LogP contribution is 2.36. The molecule has 2 aromatic carbocycles. The van der Waals surface area contributed by atoms with Crippen LogP contribution in [0.4, 0.5) is 17.1 Å². The lowest BCUT2D eigenvalue weighted by atomic mass is 9.88. The summed E-state index contributed by atoms with van der Waals surface area (Å²) in [7, 11) is 8.33. The van der Waals surface area contributed by atoms with Crippen LogP contribution in [0.1, 0.15) is 10.4 Å². The molecule has 0 N–H and O–H groups in total. The van der Waals surface area contributed by atoms with Crippen LogP contribution in [-0.2, 0) is 9.59 Å². The summed E-state index contributed by atoms with van der Waals surface area (Å²) in [4.78, 5) is 43.8. The summed E-state index contributed by atoms with van der Waals surface area (Å²) in [5, 5.41) is 0. The van der Waals surface area contributed by atoms with Crippen LogP contribution in [0.2, 0.25) is 0 Å². The molecule has 146 valence electrons. The standard InChI is InChI=1S/C21H23N3O4/c1-22(2)15-7-6-8-16-17(15)19(25)18(21(27)24(16)4)20(26)23(3)13-9-11-14(28-5)12-10-13/h6-12,18H,1-5H3. The van der Waals surface area contributed by atoms with Gasteiger partial charge in [0.1, 0.15) is 5.75 Å². The van der Waals surface area contributed by atoms with Gasteiger partial charge in [0.2, 0.25) is 11.8 Å². The molecule has 7 heteroatoms. The monoisotopic (exact) mass is 381 g/mol. The first-order valence-electron chi connectivity index (χ1n) is 8.81. The van der Waals surface area contributed by atoms with Crippen LogP contribution in [0.15, 0.2) is 42.5 Å². The third-order valence-electron chi connectivity index (χ3n) is 4.99. The summed E-state index contributed by atoms with van der Waals surface area (Å²) < 4.78 is 5.13. The second-order valence-electron chi connectivity index (χ2n) is 6.86. The molecule has 0 saturated carbocycles. The Morgan fingerprint density at radius 1 is 1.04 bits per heavy atom. The van der Waals surface area contributed by atoms with Crippen LogP contribution in [0.25, 0.3) is 0 Å². The molecule has 1 unspecified atom stereocenters. The van der Waals surface area contributed by atoms with E-state index in [1.165, 1.54) is 9.80 Å². The summed E-state index contributed by atoms with van der Waals surface area (Å²) in [6.45, 7) is 0. The largest absolute Gasteiger partial charge is 0.497 e. The van der Waals surface area contributed by atoms with E-state index < -0.39 is 23.5 Å². The maximum atomic E-state index is 13.2. The Balaban J connectivity index is 2.01. The van der Waals surface area contributed by atoms with E-state index in [0.29, 0.717) is 28.4 Å². The minimum Gasteiger partial charge on any atom is -0.497 e. The highest BCUT2D eigenvalue weighted by Gasteiger charge is 2.45. The number of carbonyl (C=O) groups excluding carboxylic acids is 3. The molecule has 0 aromatic heterocycles. The number of hydrogen-bond donors (Lipinski definition) is 0. The fourth-order valence-electron chi connectivity index (χ4n) is 3.35. The van der Waals surface area contributed by atoms with Gasteiger partial charge in [-0.3, -0.25) is 14.4 Å². The molecule has 0 bridgehead atoms. The van der Waals surface area contributed by atoms with E-state index >= 15 is 0 Å². The van der Waals surface area contributed by atoms with Crippen LogP contribution in [0, 0.1) is 5.92 Å². The number of nitrogens with zero attached hydrogens (tertiary/aromatic N) is 3. The third kappa shape index (κ3) is 3.09. The number of carbonyl (C=O) groups is 3. The smallest absolute Gasteiger partial charge is 0.247 e. The number of Topliss-reactive ketones (excluding diaryl/α,β-unsaturated/α-hetero) is 1. The molecule has 28 heavy (non-hydrogen) atoms. The van der Waals surface area contributed by atoms with Crippen molar-refractivity contribution in [1.29, 1.82) is 0 Å². The van der Waals surface area contributed by atoms with Gasteiger partial charge in [-0.1, -0.05) is 6.07 Å². The second-order valence-corrected chi connectivity index (χ2v) is 6.86. The molecule has 1 atom stereocenters. The Morgan fingerprint density at radius 3 is 2.25 bits per heavy atom. The first-order chi connectivity index (χ1) is 13.3. The van der Waals surface area contributed by atoms with Gasteiger partial charge in [-0.2, -0.15) is 0 Å². The molecule has 3 rings (SSSR count). The van der Waals surface area contributed by atoms with Gasteiger partial charge in [0.05, 0.1) is 18.4 Å². The quantitative estimate of drug-likeness (QED) is 0.760. The number of fused-ring (bicyclic) bond motifs is 1. The second kappa shape index (κ2) is 7.34. The molecule has 2 aromatic rings. The van der Waals surface area contributed by atoms with Crippen molar-refractivity contribution >= 4 is 34.7 Å². The molecule has 1 aliphatic heterocycles. The number of methoxy groups -OCH3 is 1. The van der Waals surface area contributed by atoms with Crippen LogP contribution in [0.3, 0.4) is 0 Å². The van der Waals surface area contributed by atoms with E-state index in [2.05, 4.69) is 0 Å². The van der Waals surface area contributed by atoms with Crippen molar-refractivity contribution in [3.8, 4) is 5.75 Å². The normalized spacial score (nSPS) is 15.9. The van der Waals surface area contributed by atoms with Crippen molar-refractivity contribution in [1.82, 2.24) is 0 Å². The van der Waals surface area contributed by atoms with Crippen molar-refractivity contribution in [3.63, 3.8) is 0 Å². The van der Waals surface area contributed by atoms with Gasteiger partial charge in [-0.05, 0) is 36.4 Å². The van der Waals surface area contributed by atoms with Crippen LogP contribution < -0.4 is 19.4 Å². The zero-order chi connectivity index (χ0) is 20.6. The number of ether oxygens (including phenoxy) is 1. The number of rotatable bonds is 4. The average molecular weight is 381 g/mol. The summed E-state index contributed by atoms with van der Waals surface area (Å²) in [5.74, 6) is -2.33. The number of hydrogen-bond acceptors (Lipinski definition) is 5. The van der Waals surface area contributed by atoms with E-state index in [1.807, 2.05) is 14.1 Å². The maximum absolute atomic E-state index is 13.2. The van der Waals surface area contributed by atoms with Gasteiger partial charge < -0.3 is 19.4 Å². The molecule has 0 fully saturated rings. The van der Waals surface area contributed by atoms with E-state index in [9.17, 15) is 14.4 Å². The Morgan fingerprint density at radius 2 is 1.68 bits per heavy atom. The third-order valence-corrected chi connectivity index (χ3v) is 4.99. The Hall–Kier alpha value is -3.35. The summed E-state index contributed by atoms with van der Waals surface area (Å²) in [6.07, 6.45) is 0. The van der Waals surface area contributed by atoms with Crippen molar-refractivity contribution in [2.24, 2.45) is 5.92 Å². The zero-order valence-corrected chi connectivity index (χ0v) is 16.6.